The first-order valence-corrected chi connectivity index (χ1v) is 4.47. The third-order valence-corrected chi connectivity index (χ3v) is 2.05. The number of hydrogen-bond acceptors (Lipinski definition) is 2. The lowest BCUT2D eigenvalue weighted by molar-refractivity contribution is 0.498. The van der Waals surface area contributed by atoms with Crippen molar-refractivity contribution in [1.29, 1.82) is 0 Å². The SMILES string of the molecule is CC(C)n1nc2cc(F)cc(F)n2c1=O. The minimum Gasteiger partial charge on any atom is -0.245 e. The Bertz CT molecular complexity index is 570. The molecule has 6 heteroatoms. The van der Waals surface area contributed by atoms with Crippen LogP contribution in [0.25, 0.3) is 5.65 Å². The van der Waals surface area contributed by atoms with E-state index in [1.54, 1.807) is 13.8 Å². The lowest BCUT2D eigenvalue weighted by Crippen LogP contribution is -2.23. The second kappa shape index (κ2) is 3.15. The maximum atomic E-state index is 13.3. The summed E-state index contributed by atoms with van der Waals surface area (Å²) >= 11 is 0. The Balaban J connectivity index is 2.88. The summed E-state index contributed by atoms with van der Waals surface area (Å²) in [4.78, 5) is 11.6. The Labute approximate surface area is 83.8 Å². The van der Waals surface area contributed by atoms with E-state index < -0.39 is 17.5 Å². The molecule has 2 aromatic rings. The van der Waals surface area contributed by atoms with Crippen molar-refractivity contribution in [3.8, 4) is 0 Å². The van der Waals surface area contributed by atoms with Crippen molar-refractivity contribution in [2.75, 3.05) is 0 Å². The van der Waals surface area contributed by atoms with Gasteiger partial charge in [-0.2, -0.15) is 4.39 Å². The van der Waals surface area contributed by atoms with Crippen LogP contribution in [0.15, 0.2) is 16.9 Å². The number of pyridine rings is 1. The molecule has 2 heterocycles. The smallest absolute Gasteiger partial charge is 0.245 e. The predicted octanol–water partition coefficient (Wildman–Crippen LogP) is 1.36. The zero-order chi connectivity index (χ0) is 11.2. The number of halogens is 2. The van der Waals surface area contributed by atoms with E-state index in [4.69, 9.17) is 0 Å². The quantitative estimate of drug-likeness (QED) is 0.671. The fraction of sp³-hybridized carbons (Fsp3) is 0.333. The van der Waals surface area contributed by atoms with Crippen LogP contribution >= 0.6 is 0 Å². The van der Waals surface area contributed by atoms with Crippen LogP contribution in [-0.2, 0) is 0 Å². The topological polar surface area (TPSA) is 39.3 Å². The van der Waals surface area contributed by atoms with Gasteiger partial charge in [0.25, 0.3) is 0 Å². The standard InChI is InChI=1S/C9H9F2N3O/c1-5(2)14-9(15)13-7(11)3-6(10)4-8(13)12-14/h3-5H,1-2H3. The maximum Gasteiger partial charge on any atom is 0.352 e. The molecule has 0 fully saturated rings. The second-order valence-electron chi connectivity index (χ2n) is 3.51. The van der Waals surface area contributed by atoms with Crippen LogP contribution in [0, 0.1) is 11.8 Å². The molecule has 0 radical (unpaired) electrons. The summed E-state index contributed by atoms with van der Waals surface area (Å²) in [6, 6.07) is 1.48. The van der Waals surface area contributed by atoms with E-state index in [2.05, 4.69) is 5.10 Å². The molecule has 80 valence electrons. The number of rotatable bonds is 1. The van der Waals surface area contributed by atoms with Gasteiger partial charge in [0.1, 0.15) is 5.82 Å². The van der Waals surface area contributed by atoms with E-state index >= 15 is 0 Å². The van der Waals surface area contributed by atoms with Gasteiger partial charge in [0, 0.05) is 12.1 Å². The van der Waals surface area contributed by atoms with Gasteiger partial charge in [0.15, 0.2) is 5.65 Å². The molecule has 2 aromatic heterocycles. The van der Waals surface area contributed by atoms with Gasteiger partial charge in [-0.1, -0.05) is 0 Å². The molecule has 4 nitrogen and oxygen atoms in total. The van der Waals surface area contributed by atoms with Crippen molar-refractivity contribution in [3.63, 3.8) is 0 Å². The lowest BCUT2D eigenvalue weighted by Gasteiger charge is -1.99. The summed E-state index contributed by atoms with van der Waals surface area (Å²) in [7, 11) is 0. The van der Waals surface area contributed by atoms with Crippen LogP contribution in [0.1, 0.15) is 19.9 Å². The summed E-state index contributed by atoms with van der Waals surface area (Å²) in [5.41, 5.74) is -0.622. The number of fused-ring (bicyclic) bond motifs is 1. The number of hydrogen-bond donors (Lipinski definition) is 0. The molecular weight excluding hydrogens is 204 g/mol. The predicted molar refractivity (Wildman–Crippen MR) is 49.8 cm³/mol. The van der Waals surface area contributed by atoms with E-state index in [-0.39, 0.29) is 11.7 Å². The summed E-state index contributed by atoms with van der Waals surface area (Å²) < 4.78 is 27.9. The Kier molecular flexibility index (Phi) is 2.06. The van der Waals surface area contributed by atoms with Gasteiger partial charge >= 0.3 is 5.69 Å². The Morgan fingerprint density at radius 2 is 2.00 bits per heavy atom. The van der Waals surface area contributed by atoms with Crippen LogP contribution < -0.4 is 5.69 Å². The second-order valence-corrected chi connectivity index (χ2v) is 3.51. The van der Waals surface area contributed by atoms with E-state index in [1.807, 2.05) is 0 Å². The normalized spacial score (nSPS) is 11.5. The molecule has 0 saturated carbocycles. The molecule has 2 rings (SSSR count). The van der Waals surface area contributed by atoms with Crippen LogP contribution in [0.5, 0.6) is 0 Å². The summed E-state index contributed by atoms with van der Waals surface area (Å²) in [5, 5.41) is 3.82. The number of aromatic nitrogens is 3. The molecule has 0 saturated heterocycles. The summed E-state index contributed by atoms with van der Waals surface area (Å²) in [5.74, 6) is -1.69. The molecule has 0 bridgehead atoms. The highest BCUT2D eigenvalue weighted by atomic mass is 19.1. The highest BCUT2D eigenvalue weighted by Crippen LogP contribution is 2.07. The van der Waals surface area contributed by atoms with Crippen LogP contribution in [0.3, 0.4) is 0 Å². The van der Waals surface area contributed by atoms with E-state index in [1.165, 1.54) is 0 Å². The summed E-state index contributed by atoms with van der Waals surface area (Å²) in [6.45, 7) is 3.48. The summed E-state index contributed by atoms with van der Waals surface area (Å²) in [6.07, 6.45) is 0. The molecule has 0 aliphatic carbocycles. The monoisotopic (exact) mass is 213 g/mol. The fourth-order valence-corrected chi connectivity index (χ4v) is 1.37. The van der Waals surface area contributed by atoms with Crippen LogP contribution in [-0.4, -0.2) is 14.2 Å². The first-order chi connectivity index (χ1) is 7.00. The van der Waals surface area contributed by atoms with Crippen molar-refractivity contribution < 1.29 is 8.78 Å². The third-order valence-electron chi connectivity index (χ3n) is 2.05. The molecule has 0 amide bonds. The van der Waals surface area contributed by atoms with Crippen molar-refractivity contribution in [2.24, 2.45) is 0 Å². The highest BCUT2D eigenvalue weighted by molar-refractivity contribution is 5.36. The van der Waals surface area contributed by atoms with E-state index in [0.717, 1.165) is 15.1 Å². The molecular formula is C9H9F2N3O. The van der Waals surface area contributed by atoms with Gasteiger partial charge in [-0.15, -0.1) is 5.10 Å². The molecule has 0 atom stereocenters. The molecule has 0 unspecified atom stereocenters. The van der Waals surface area contributed by atoms with E-state index in [9.17, 15) is 13.6 Å². The zero-order valence-electron chi connectivity index (χ0n) is 8.24. The highest BCUT2D eigenvalue weighted by Gasteiger charge is 2.13. The first-order valence-electron chi connectivity index (χ1n) is 4.47. The van der Waals surface area contributed by atoms with Crippen molar-refractivity contribution >= 4 is 5.65 Å². The van der Waals surface area contributed by atoms with Crippen molar-refractivity contribution in [2.45, 2.75) is 19.9 Å². The Hall–Kier alpha value is -1.72. The van der Waals surface area contributed by atoms with Crippen molar-refractivity contribution in [3.05, 3.63) is 34.4 Å². The van der Waals surface area contributed by atoms with Gasteiger partial charge < -0.3 is 0 Å². The average molecular weight is 213 g/mol. The van der Waals surface area contributed by atoms with Gasteiger partial charge in [0.2, 0.25) is 5.95 Å². The molecule has 0 aliphatic heterocycles. The van der Waals surface area contributed by atoms with E-state index in [0.29, 0.717) is 6.07 Å². The molecule has 0 aliphatic rings. The fourth-order valence-electron chi connectivity index (χ4n) is 1.37. The lowest BCUT2D eigenvalue weighted by atomic mass is 10.4. The maximum absolute atomic E-state index is 13.3. The average Bonchev–Trinajstić information content (AvgIpc) is 2.42. The first kappa shape index (κ1) is 9.82. The van der Waals surface area contributed by atoms with Gasteiger partial charge in [-0.25, -0.2) is 18.3 Å². The minimum atomic E-state index is -0.943. The van der Waals surface area contributed by atoms with Crippen molar-refractivity contribution in [1.82, 2.24) is 14.2 Å². The minimum absolute atomic E-state index is 0.0220. The van der Waals surface area contributed by atoms with Gasteiger partial charge in [0.05, 0.1) is 6.04 Å². The largest absolute Gasteiger partial charge is 0.352 e. The Morgan fingerprint density at radius 3 is 2.60 bits per heavy atom. The Morgan fingerprint density at radius 1 is 1.33 bits per heavy atom. The van der Waals surface area contributed by atoms with Crippen LogP contribution in [0.2, 0.25) is 0 Å². The molecule has 0 N–H and O–H groups in total. The van der Waals surface area contributed by atoms with Gasteiger partial charge in [-0.05, 0) is 13.8 Å². The number of nitrogens with zero attached hydrogens (tertiary/aromatic N) is 3. The third kappa shape index (κ3) is 1.42. The molecule has 0 spiro atoms. The molecule has 15 heavy (non-hydrogen) atoms. The van der Waals surface area contributed by atoms with Gasteiger partial charge in [-0.3, -0.25) is 0 Å². The van der Waals surface area contributed by atoms with Crippen LogP contribution in [0.4, 0.5) is 8.78 Å². The zero-order valence-corrected chi connectivity index (χ0v) is 8.24. The molecule has 0 aromatic carbocycles.